The number of hydrogen-bond acceptors (Lipinski definition) is 7. The van der Waals surface area contributed by atoms with Crippen molar-refractivity contribution < 1.29 is 19.1 Å². The normalized spacial score (nSPS) is 14.2. The molecule has 0 spiro atoms. The van der Waals surface area contributed by atoms with Crippen LogP contribution in [0.3, 0.4) is 0 Å². The summed E-state index contributed by atoms with van der Waals surface area (Å²) in [5, 5.41) is 13.2. The summed E-state index contributed by atoms with van der Waals surface area (Å²) in [6, 6.07) is 6.70. The molecular weight excluding hydrogens is 388 g/mol. The van der Waals surface area contributed by atoms with Crippen molar-refractivity contribution in [1.82, 2.24) is 25.1 Å². The molecule has 1 aliphatic carbocycles. The third kappa shape index (κ3) is 5.62. The predicted molar refractivity (Wildman–Crippen MR) is 107 cm³/mol. The number of nitrogens with one attached hydrogen (secondary N) is 1. The average Bonchev–Trinajstić information content (AvgIpc) is 3.26. The summed E-state index contributed by atoms with van der Waals surface area (Å²) >= 11 is 0. The number of likely N-dealkylation sites (N-methyl/N-ethyl adjacent to an activating group) is 1. The second-order valence-corrected chi connectivity index (χ2v) is 7.15. The number of para-hydroxylation sites is 1. The summed E-state index contributed by atoms with van der Waals surface area (Å²) in [4.78, 5) is 39.2. The van der Waals surface area contributed by atoms with Crippen molar-refractivity contribution in [1.29, 1.82) is 0 Å². The smallest absolute Gasteiger partial charge is 0.340 e. The van der Waals surface area contributed by atoms with Gasteiger partial charge in [-0.3, -0.25) is 9.59 Å². The number of tetrazole rings is 1. The van der Waals surface area contributed by atoms with Crippen molar-refractivity contribution in [2.45, 2.75) is 51.6 Å². The number of ether oxygens (including phenoxy) is 1. The molecule has 1 N–H and O–H groups in total. The maximum atomic E-state index is 12.6. The van der Waals surface area contributed by atoms with Gasteiger partial charge in [-0.2, -0.15) is 0 Å². The van der Waals surface area contributed by atoms with Gasteiger partial charge in [-0.15, -0.1) is 5.10 Å². The lowest BCUT2D eigenvalue weighted by molar-refractivity contribution is -0.137. The van der Waals surface area contributed by atoms with Crippen LogP contribution >= 0.6 is 0 Å². The molecule has 1 aromatic carbocycles. The Morgan fingerprint density at radius 2 is 1.97 bits per heavy atom. The van der Waals surface area contributed by atoms with Gasteiger partial charge in [0.05, 0.1) is 11.3 Å². The second kappa shape index (κ2) is 10.5. The third-order valence-corrected chi connectivity index (χ3v) is 5.12. The molecule has 2 aromatic rings. The molecule has 1 aliphatic rings. The van der Waals surface area contributed by atoms with Crippen molar-refractivity contribution >= 4 is 23.5 Å². The molecule has 0 aliphatic heterocycles. The number of nitrogens with zero attached hydrogens (tertiary/aromatic N) is 5. The summed E-state index contributed by atoms with van der Waals surface area (Å²) in [5.41, 5.74) is 0.476. The number of carbonyl (C=O) groups excluding carboxylic acids is 3. The summed E-state index contributed by atoms with van der Waals surface area (Å²) in [6.45, 7) is 2.10. The summed E-state index contributed by atoms with van der Waals surface area (Å²) < 4.78 is 6.54. The number of amides is 2. The fourth-order valence-corrected chi connectivity index (χ4v) is 3.68. The van der Waals surface area contributed by atoms with Crippen LogP contribution in [0.15, 0.2) is 30.6 Å². The maximum absolute atomic E-state index is 12.6. The lowest BCUT2D eigenvalue weighted by Crippen LogP contribution is -2.43. The molecule has 0 unspecified atom stereocenters. The van der Waals surface area contributed by atoms with Gasteiger partial charge in [-0.05, 0) is 42.3 Å². The molecule has 160 valence electrons. The Labute approximate surface area is 174 Å². The van der Waals surface area contributed by atoms with Crippen LogP contribution in [0.25, 0.3) is 0 Å². The van der Waals surface area contributed by atoms with Crippen LogP contribution in [-0.4, -0.2) is 62.1 Å². The highest BCUT2D eigenvalue weighted by Gasteiger charge is 2.25. The quantitative estimate of drug-likeness (QED) is 0.652. The van der Waals surface area contributed by atoms with Gasteiger partial charge in [-0.25, -0.2) is 9.48 Å². The van der Waals surface area contributed by atoms with Gasteiger partial charge in [-0.1, -0.05) is 31.4 Å². The SMILES string of the molecule is CCN(C(=O)COC(=O)c1ccccc1NC(=O)Cn1cnnn1)C1CCCCC1. The van der Waals surface area contributed by atoms with Crippen LogP contribution in [0.1, 0.15) is 49.4 Å². The van der Waals surface area contributed by atoms with Crippen molar-refractivity contribution in [3.63, 3.8) is 0 Å². The molecule has 3 rings (SSSR count). The minimum Gasteiger partial charge on any atom is -0.452 e. The number of rotatable bonds is 8. The average molecular weight is 414 g/mol. The van der Waals surface area contributed by atoms with Gasteiger partial charge in [0.2, 0.25) is 5.91 Å². The van der Waals surface area contributed by atoms with Crippen molar-refractivity contribution in [3.8, 4) is 0 Å². The largest absolute Gasteiger partial charge is 0.452 e. The number of aromatic nitrogens is 4. The van der Waals surface area contributed by atoms with Gasteiger partial charge in [0.15, 0.2) is 6.61 Å². The van der Waals surface area contributed by atoms with E-state index >= 15 is 0 Å². The van der Waals surface area contributed by atoms with Crippen LogP contribution in [0.4, 0.5) is 5.69 Å². The highest BCUT2D eigenvalue weighted by Crippen LogP contribution is 2.23. The van der Waals surface area contributed by atoms with Gasteiger partial charge in [0, 0.05) is 12.6 Å². The van der Waals surface area contributed by atoms with E-state index in [1.54, 1.807) is 23.1 Å². The fourth-order valence-electron chi connectivity index (χ4n) is 3.68. The second-order valence-electron chi connectivity index (χ2n) is 7.15. The Kier molecular flexibility index (Phi) is 7.47. The summed E-state index contributed by atoms with van der Waals surface area (Å²) in [5.74, 6) is -1.26. The monoisotopic (exact) mass is 414 g/mol. The Morgan fingerprint density at radius 1 is 1.20 bits per heavy atom. The molecule has 1 heterocycles. The van der Waals surface area contributed by atoms with Crippen LogP contribution in [-0.2, 0) is 20.9 Å². The molecule has 0 bridgehead atoms. The van der Waals surface area contributed by atoms with Gasteiger partial charge >= 0.3 is 5.97 Å². The van der Waals surface area contributed by atoms with E-state index in [-0.39, 0.29) is 30.7 Å². The number of esters is 1. The van der Waals surface area contributed by atoms with E-state index in [1.165, 1.54) is 23.5 Å². The highest BCUT2D eigenvalue weighted by atomic mass is 16.5. The van der Waals surface area contributed by atoms with E-state index in [1.807, 2.05) is 6.92 Å². The van der Waals surface area contributed by atoms with Crippen LogP contribution in [0, 0.1) is 0 Å². The zero-order valence-corrected chi connectivity index (χ0v) is 17.0. The molecule has 0 radical (unpaired) electrons. The highest BCUT2D eigenvalue weighted by molar-refractivity contribution is 6.01. The topological polar surface area (TPSA) is 119 Å². The lowest BCUT2D eigenvalue weighted by atomic mass is 9.94. The number of hydrogen-bond donors (Lipinski definition) is 1. The predicted octanol–water partition coefficient (Wildman–Crippen LogP) is 1.65. The molecule has 2 amide bonds. The van der Waals surface area contributed by atoms with E-state index < -0.39 is 11.9 Å². The number of benzene rings is 1. The first-order valence-electron chi connectivity index (χ1n) is 10.1. The van der Waals surface area contributed by atoms with Crippen molar-refractivity contribution in [2.75, 3.05) is 18.5 Å². The zero-order chi connectivity index (χ0) is 21.3. The molecule has 30 heavy (non-hydrogen) atoms. The molecule has 10 heteroatoms. The number of carbonyl (C=O) groups is 3. The summed E-state index contributed by atoms with van der Waals surface area (Å²) in [6.07, 6.45) is 6.73. The Bertz CT molecular complexity index is 864. The van der Waals surface area contributed by atoms with Crippen molar-refractivity contribution in [3.05, 3.63) is 36.2 Å². The molecular formula is C20H26N6O4. The van der Waals surface area contributed by atoms with Crippen LogP contribution in [0.5, 0.6) is 0 Å². The summed E-state index contributed by atoms with van der Waals surface area (Å²) in [7, 11) is 0. The Morgan fingerprint density at radius 3 is 2.67 bits per heavy atom. The van der Waals surface area contributed by atoms with Gasteiger partial charge in [0.25, 0.3) is 5.91 Å². The molecule has 1 fully saturated rings. The first kappa shape index (κ1) is 21.4. The molecule has 10 nitrogen and oxygen atoms in total. The minimum atomic E-state index is -0.665. The van der Waals surface area contributed by atoms with E-state index in [0.29, 0.717) is 12.2 Å². The standard InChI is InChI=1S/C20H26N6O4/c1-2-26(15-8-4-3-5-9-15)19(28)13-30-20(29)16-10-6-7-11-17(16)22-18(27)12-25-14-21-23-24-25/h6-7,10-11,14-15H,2-5,8-9,12-13H2,1H3,(H,22,27). The van der Waals surface area contributed by atoms with Gasteiger partial charge < -0.3 is 15.0 Å². The minimum absolute atomic E-state index is 0.0955. The molecule has 1 aromatic heterocycles. The Hall–Kier alpha value is -3.30. The third-order valence-electron chi connectivity index (χ3n) is 5.12. The zero-order valence-electron chi connectivity index (χ0n) is 17.0. The van der Waals surface area contributed by atoms with E-state index in [0.717, 1.165) is 25.7 Å². The first-order chi connectivity index (χ1) is 14.6. The van der Waals surface area contributed by atoms with Crippen LogP contribution in [0.2, 0.25) is 0 Å². The van der Waals surface area contributed by atoms with E-state index in [2.05, 4.69) is 20.8 Å². The van der Waals surface area contributed by atoms with E-state index in [9.17, 15) is 14.4 Å². The lowest BCUT2D eigenvalue weighted by Gasteiger charge is -2.33. The Balaban J connectivity index is 1.58. The molecule has 0 saturated heterocycles. The fraction of sp³-hybridized carbons (Fsp3) is 0.500. The maximum Gasteiger partial charge on any atom is 0.340 e. The van der Waals surface area contributed by atoms with Crippen LogP contribution < -0.4 is 5.32 Å². The van der Waals surface area contributed by atoms with Crippen molar-refractivity contribution in [2.24, 2.45) is 0 Å². The van der Waals surface area contributed by atoms with Gasteiger partial charge in [0.1, 0.15) is 12.9 Å². The first-order valence-corrected chi connectivity index (χ1v) is 10.1. The number of anilines is 1. The molecule has 0 atom stereocenters. The van der Waals surface area contributed by atoms with E-state index in [4.69, 9.17) is 4.74 Å². The molecule has 1 saturated carbocycles.